The average Bonchev–Trinajstić information content (AvgIpc) is 3.76. The summed E-state index contributed by atoms with van der Waals surface area (Å²) < 4.78 is 0. The van der Waals surface area contributed by atoms with Crippen LogP contribution >= 0.6 is 11.3 Å². The Morgan fingerprint density at radius 2 is 1.84 bits per heavy atom. The number of benzene rings is 1. The Balaban J connectivity index is 1.38. The summed E-state index contributed by atoms with van der Waals surface area (Å²) >= 11 is 1.49. The maximum atomic E-state index is 13.8. The van der Waals surface area contributed by atoms with Crippen LogP contribution in [0.15, 0.2) is 47.8 Å². The molecule has 2 aromatic heterocycles. The molecule has 0 unspecified atom stereocenters. The number of aryl methyl sites for hydroxylation is 1. The number of anilines is 1. The highest BCUT2D eigenvalue weighted by molar-refractivity contribution is 7.09. The molecule has 4 N–H and O–H groups in total. The highest BCUT2D eigenvalue weighted by Gasteiger charge is 2.37. The van der Waals surface area contributed by atoms with Gasteiger partial charge >= 0.3 is 6.09 Å². The number of hydrogen-bond donors (Lipinski definition) is 4. The van der Waals surface area contributed by atoms with Crippen molar-refractivity contribution in [3.8, 4) is 0 Å². The number of aromatic nitrogens is 2. The smallest absolute Gasteiger partial charge is 0.405 e. The number of nitrogens with zero attached hydrogens (tertiary/aromatic N) is 4. The number of hydrogen-bond acceptors (Lipinski definition) is 8. The molecular formula is C30H33N7O6S. The molecule has 2 aliphatic rings. The Hall–Kier alpha value is -4.85. The van der Waals surface area contributed by atoms with Crippen molar-refractivity contribution in [2.45, 2.75) is 57.5 Å². The third-order valence-electron chi connectivity index (χ3n) is 7.65. The zero-order chi connectivity index (χ0) is 31.4. The van der Waals surface area contributed by atoms with E-state index in [1.807, 2.05) is 12.3 Å². The summed E-state index contributed by atoms with van der Waals surface area (Å²) in [4.78, 5) is 76.5. The molecule has 3 aromatic rings. The Morgan fingerprint density at radius 3 is 2.50 bits per heavy atom. The summed E-state index contributed by atoms with van der Waals surface area (Å²) in [5.41, 5.74) is 4.52. The van der Waals surface area contributed by atoms with Crippen LogP contribution in [-0.2, 0) is 16.0 Å². The quantitative estimate of drug-likeness (QED) is 0.279. The van der Waals surface area contributed by atoms with Gasteiger partial charge in [-0.25, -0.2) is 14.8 Å². The molecule has 0 spiro atoms. The molecule has 230 valence electrons. The molecule has 44 heavy (non-hydrogen) atoms. The zero-order valence-electron chi connectivity index (χ0n) is 24.3. The van der Waals surface area contributed by atoms with Crippen molar-refractivity contribution < 1.29 is 29.1 Å². The summed E-state index contributed by atoms with van der Waals surface area (Å²) in [6.07, 6.45) is 1.10. The first kappa shape index (κ1) is 30.6. The van der Waals surface area contributed by atoms with E-state index in [1.165, 1.54) is 35.3 Å². The molecule has 0 radical (unpaired) electrons. The van der Waals surface area contributed by atoms with Gasteiger partial charge in [-0.1, -0.05) is 30.3 Å². The molecule has 4 heterocycles. The van der Waals surface area contributed by atoms with Gasteiger partial charge in [0.25, 0.3) is 17.7 Å². The van der Waals surface area contributed by atoms with Gasteiger partial charge in [0.2, 0.25) is 5.91 Å². The first-order valence-corrected chi connectivity index (χ1v) is 15.1. The molecule has 14 heteroatoms. The fourth-order valence-corrected chi connectivity index (χ4v) is 6.42. The SMILES string of the molecule is Cc1csc([C@H]2CCCN2C(=O)c2cc(C(=O)NNC(=O)[C@@](C)(Cc3ccccc3)NC(=O)O)nc(N3CCCC3=O)c2)n1. The standard InChI is InChI=1S/C30H33N7O6S/c1-18-17-44-26(31-18)22-10-6-12-36(22)27(40)20-14-21(32-23(15-20)37-13-7-11-24(37)38)25(39)34-35-28(41)30(2,33-29(42)43)16-19-8-4-3-5-9-19/h3-5,8-9,14-15,17,22,33H,6-7,10-13,16H2,1-2H3,(H,34,39)(H,35,41)(H,42,43)/t22-,30-/m1/s1. The summed E-state index contributed by atoms with van der Waals surface area (Å²) in [5.74, 6) is -1.98. The molecule has 5 amide bonds. The summed E-state index contributed by atoms with van der Waals surface area (Å²) in [5, 5.41) is 14.4. The number of amides is 5. The lowest BCUT2D eigenvalue weighted by atomic mass is 9.92. The lowest BCUT2D eigenvalue weighted by Crippen LogP contribution is -2.61. The Labute approximate surface area is 257 Å². The van der Waals surface area contributed by atoms with Crippen LogP contribution in [0, 0.1) is 6.92 Å². The molecule has 5 rings (SSSR count). The Morgan fingerprint density at radius 1 is 1.07 bits per heavy atom. The minimum absolute atomic E-state index is 0.0148. The van der Waals surface area contributed by atoms with Gasteiger partial charge in [0, 0.05) is 42.6 Å². The van der Waals surface area contributed by atoms with E-state index in [4.69, 9.17) is 0 Å². The van der Waals surface area contributed by atoms with Crippen molar-refractivity contribution in [1.29, 1.82) is 0 Å². The van der Waals surface area contributed by atoms with Crippen LogP contribution in [0.3, 0.4) is 0 Å². The van der Waals surface area contributed by atoms with E-state index in [2.05, 4.69) is 26.1 Å². The molecule has 2 atom stereocenters. The van der Waals surface area contributed by atoms with Gasteiger partial charge in [0.1, 0.15) is 22.1 Å². The molecule has 2 saturated heterocycles. The van der Waals surface area contributed by atoms with Crippen LogP contribution in [0.5, 0.6) is 0 Å². The summed E-state index contributed by atoms with van der Waals surface area (Å²) in [6.45, 7) is 4.21. The molecule has 13 nitrogen and oxygen atoms in total. The molecule has 2 fully saturated rings. The second-order valence-electron chi connectivity index (χ2n) is 11.1. The maximum Gasteiger partial charge on any atom is 0.405 e. The van der Waals surface area contributed by atoms with Crippen molar-refractivity contribution in [1.82, 2.24) is 31.0 Å². The van der Waals surface area contributed by atoms with Crippen molar-refractivity contribution >= 4 is 46.9 Å². The fraction of sp³-hybridized carbons (Fsp3) is 0.367. The Bertz CT molecular complexity index is 1600. The number of carbonyl (C=O) groups is 5. The van der Waals surface area contributed by atoms with Crippen LogP contribution < -0.4 is 21.1 Å². The average molecular weight is 620 g/mol. The van der Waals surface area contributed by atoms with Crippen molar-refractivity contribution in [2.24, 2.45) is 0 Å². The van der Waals surface area contributed by atoms with Gasteiger partial charge in [-0.3, -0.25) is 34.9 Å². The zero-order valence-corrected chi connectivity index (χ0v) is 25.1. The number of pyridine rings is 1. The van der Waals surface area contributed by atoms with Crippen LogP contribution in [0.4, 0.5) is 10.6 Å². The van der Waals surface area contributed by atoms with Gasteiger partial charge in [-0.05, 0) is 50.8 Å². The van der Waals surface area contributed by atoms with E-state index in [9.17, 15) is 29.1 Å². The van der Waals surface area contributed by atoms with Crippen molar-refractivity contribution in [3.63, 3.8) is 0 Å². The normalized spacial score (nSPS) is 17.7. The van der Waals surface area contributed by atoms with Gasteiger partial charge < -0.3 is 15.3 Å². The lowest BCUT2D eigenvalue weighted by molar-refractivity contribution is -0.127. The topological polar surface area (TPSA) is 174 Å². The fourth-order valence-electron chi connectivity index (χ4n) is 5.48. The second kappa shape index (κ2) is 12.8. The molecule has 2 aliphatic heterocycles. The first-order valence-electron chi connectivity index (χ1n) is 14.3. The summed E-state index contributed by atoms with van der Waals surface area (Å²) in [7, 11) is 0. The van der Waals surface area contributed by atoms with Crippen LogP contribution in [0.1, 0.15) is 75.8 Å². The van der Waals surface area contributed by atoms with Crippen LogP contribution in [-0.4, -0.2) is 68.3 Å². The highest BCUT2D eigenvalue weighted by Crippen LogP contribution is 2.35. The number of carbonyl (C=O) groups excluding carboxylic acids is 4. The Kier molecular flexibility index (Phi) is 8.90. The molecule has 0 saturated carbocycles. The minimum Gasteiger partial charge on any atom is -0.465 e. The van der Waals surface area contributed by atoms with E-state index >= 15 is 0 Å². The largest absolute Gasteiger partial charge is 0.465 e. The third-order valence-corrected chi connectivity index (χ3v) is 8.71. The van der Waals surface area contributed by atoms with Gasteiger partial charge in [0.05, 0.1) is 6.04 Å². The van der Waals surface area contributed by atoms with Gasteiger partial charge in [-0.2, -0.15) is 0 Å². The third kappa shape index (κ3) is 6.70. The van der Waals surface area contributed by atoms with Crippen LogP contribution in [0.2, 0.25) is 0 Å². The number of nitrogens with one attached hydrogen (secondary N) is 3. The van der Waals surface area contributed by atoms with E-state index < -0.39 is 23.4 Å². The number of carboxylic acid groups (broad SMARTS) is 1. The predicted molar refractivity (Wildman–Crippen MR) is 161 cm³/mol. The van der Waals surface area contributed by atoms with Gasteiger partial charge in [0.15, 0.2) is 0 Å². The van der Waals surface area contributed by atoms with Crippen molar-refractivity contribution in [3.05, 3.63) is 75.4 Å². The minimum atomic E-state index is -1.63. The van der Waals surface area contributed by atoms with E-state index in [1.54, 1.807) is 35.2 Å². The maximum absolute atomic E-state index is 13.8. The highest BCUT2D eigenvalue weighted by atomic mass is 32.1. The number of likely N-dealkylation sites (tertiary alicyclic amines) is 1. The lowest BCUT2D eigenvalue weighted by Gasteiger charge is -2.28. The predicted octanol–water partition coefficient (Wildman–Crippen LogP) is 2.98. The number of rotatable bonds is 8. The monoisotopic (exact) mass is 619 g/mol. The summed E-state index contributed by atoms with van der Waals surface area (Å²) in [6, 6.07) is 11.5. The van der Waals surface area contributed by atoms with E-state index in [0.717, 1.165) is 23.5 Å². The second-order valence-corrected chi connectivity index (χ2v) is 12.0. The van der Waals surface area contributed by atoms with E-state index in [0.29, 0.717) is 31.5 Å². The van der Waals surface area contributed by atoms with Crippen molar-refractivity contribution in [2.75, 3.05) is 18.0 Å². The molecule has 0 aliphatic carbocycles. The molecular weight excluding hydrogens is 586 g/mol. The molecule has 0 bridgehead atoms. The van der Waals surface area contributed by atoms with E-state index in [-0.39, 0.29) is 41.4 Å². The number of thiazole rings is 1. The number of hydrazine groups is 1. The first-order chi connectivity index (χ1) is 21.0. The van der Waals surface area contributed by atoms with Crippen LogP contribution in [0.25, 0.3) is 0 Å². The molecule has 1 aromatic carbocycles. The van der Waals surface area contributed by atoms with Gasteiger partial charge in [-0.15, -0.1) is 11.3 Å².